The normalized spacial score (nSPS) is 18.0. The van der Waals surface area contributed by atoms with Crippen LogP contribution in [0.25, 0.3) is 0 Å². The zero-order valence-electron chi connectivity index (χ0n) is 12.2. The van der Waals surface area contributed by atoms with E-state index in [2.05, 4.69) is 10.6 Å². The molecule has 1 aromatic rings. The molecule has 1 aromatic carbocycles. The highest BCUT2D eigenvalue weighted by Gasteiger charge is 2.24. The lowest BCUT2D eigenvalue weighted by Gasteiger charge is -2.25. The van der Waals surface area contributed by atoms with Crippen LogP contribution in [0.2, 0.25) is 0 Å². The van der Waals surface area contributed by atoms with Gasteiger partial charge in [0.15, 0.2) is 0 Å². The minimum Gasteiger partial charge on any atom is -0.495 e. The number of sulfone groups is 1. The Morgan fingerprint density at radius 2 is 1.95 bits per heavy atom. The molecular formula is C14H20N2O4S. The fourth-order valence-corrected chi connectivity index (χ4v) is 3.85. The number of carbonyl (C=O) groups excluding carboxylic acids is 1. The minimum absolute atomic E-state index is 0.0926. The summed E-state index contributed by atoms with van der Waals surface area (Å²) in [4.78, 5) is 11.1. The number of anilines is 2. The number of amides is 1. The Labute approximate surface area is 124 Å². The lowest BCUT2D eigenvalue weighted by atomic mass is 10.1. The zero-order valence-corrected chi connectivity index (χ0v) is 13.0. The molecule has 0 unspecified atom stereocenters. The number of hydrogen-bond acceptors (Lipinski definition) is 5. The standard InChI is InChI=1S/C14H20N2O4S/c1-10(17)15-12-3-4-14(20-2)13(9-12)16-11-5-7-21(18,19)8-6-11/h3-4,9,11,16H,5-8H2,1-2H3,(H,15,17). The van der Waals surface area contributed by atoms with Gasteiger partial charge < -0.3 is 15.4 Å². The van der Waals surface area contributed by atoms with Crippen LogP contribution in [0.4, 0.5) is 11.4 Å². The van der Waals surface area contributed by atoms with Crippen molar-refractivity contribution in [2.75, 3.05) is 29.2 Å². The number of carbonyl (C=O) groups is 1. The van der Waals surface area contributed by atoms with Gasteiger partial charge in [0.1, 0.15) is 15.6 Å². The van der Waals surface area contributed by atoms with Crippen LogP contribution in [0.3, 0.4) is 0 Å². The van der Waals surface area contributed by atoms with Crippen LogP contribution in [0.15, 0.2) is 18.2 Å². The van der Waals surface area contributed by atoms with Gasteiger partial charge in [0.05, 0.1) is 24.3 Å². The van der Waals surface area contributed by atoms with Crippen LogP contribution >= 0.6 is 0 Å². The van der Waals surface area contributed by atoms with Crippen molar-refractivity contribution in [3.05, 3.63) is 18.2 Å². The van der Waals surface area contributed by atoms with Crippen molar-refractivity contribution >= 4 is 27.1 Å². The molecule has 116 valence electrons. The van der Waals surface area contributed by atoms with E-state index in [-0.39, 0.29) is 23.5 Å². The first-order chi connectivity index (χ1) is 9.89. The van der Waals surface area contributed by atoms with Gasteiger partial charge in [-0.15, -0.1) is 0 Å². The van der Waals surface area contributed by atoms with Gasteiger partial charge in [-0.3, -0.25) is 4.79 Å². The summed E-state index contributed by atoms with van der Waals surface area (Å²) in [6.45, 7) is 1.45. The van der Waals surface area contributed by atoms with Crippen LogP contribution in [0.5, 0.6) is 5.75 Å². The average Bonchev–Trinajstić information content (AvgIpc) is 2.41. The van der Waals surface area contributed by atoms with Crippen molar-refractivity contribution in [2.45, 2.75) is 25.8 Å². The van der Waals surface area contributed by atoms with Crippen LogP contribution in [0.1, 0.15) is 19.8 Å². The number of nitrogens with one attached hydrogen (secondary N) is 2. The van der Waals surface area contributed by atoms with E-state index in [9.17, 15) is 13.2 Å². The van der Waals surface area contributed by atoms with E-state index in [0.717, 1.165) is 5.69 Å². The molecule has 0 aromatic heterocycles. The first-order valence-electron chi connectivity index (χ1n) is 6.82. The van der Waals surface area contributed by atoms with Gasteiger partial charge in [0.25, 0.3) is 0 Å². The van der Waals surface area contributed by atoms with Crippen LogP contribution in [-0.4, -0.2) is 39.0 Å². The molecule has 0 atom stereocenters. The van der Waals surface area contributed by atoms with Crippen molar-refractivity contribution in [1.29, 1.82) is 0 Å². The molecule has 1 saturated heterocycles. The Morgan fingerprint density at radius 3 is 2.52 bits per heavy atom. The second-order valence-corrected chi connectivity index (χ2v) is 7.47. The maximum Gasteiger partial charge on any atom is 0.221 e. The summed E-state index contributed by atoms with van der Waals surface area (Å²) in [6.07, 6.45) is 1.16. The van der Waals surface area contributed by atoms with E-state index >= 15 is 0 Å². The van der Waals surface area contributed by atoms with Crippen molar-refractivity contribution in [1.82, 2.24) is 0 Å². The lowest BCUT2D eigenvalue weighted by molar-refractivity contribution is -0.114. The quantitative estimate of drug-likeness (QED) is 0.883. The van der Waals surface area contributed by atoms with Gasteiger partial charge in [-0.05, 0) is 31.0 Å². The molecule has 1 heterocycles. The van der Waals surface area contributed by atoms with Crippen molar-refractivity contribution in [2.24, 2.45) is 0 Å². The van der Waals surface area contributed by atoms with Gasteiger partial charge in [-0.1, -0.05) is 0 Å². The third kappa shape index (κ3) is 4.35. The fourth-order valence-electron chi connectivity index (χ4n) is 2.36. The van der Waals surface area contributed by atoms with Gasteiger partial charge >= 0.3 is 0 Å². The molecular weight excluding hydrogens is 292 g/mol. The summed E-state index contributed by atoms with van der Waals surface area (Å²) in [5, 5.41) is 6.03. The maximum atomic E-state index is 11.4. The summed E-state index contributed by atoms with van der Waals surface area (Å²) < 4.78 is 28.2. The van der Waals surface area contributed by atoms with E-state index in [1.807, 2.05) is 0 Å². The van der Waals surface area contributed by atoms with Gasteiger partial charge in [0, 0.05) is 18.7 Å². The molecule has 21 heavy (non-hydrogen) atoms. The molecule has 1 fully saturated rings. The fraction of sp³-hybridized carbons (Fsp3) is 0.500. The molecule has 0 radical (unpaired) electrons. The Hall–Kier alpha value is -1.76. The molecule has 0 bridgehead atoms. The largest absolute Gasteiger partial charge is 0.495 e. The third-order valence-electron chi connectivity index (χ3n) is 3.43. The summed E-state index contributed by atoms with van der Waals surface area (Å²) in [7, 11) is -1.30. The van der Waals surface area contributed by atoms with Crippen LogP contribution in [0, 0.1) is 0 Å². The van der Waals surface area contributed by atoms with E-state index in [4.69, 9.17) is 4.74 Å². The SMILES string of the molecule is COc1ccc(NC(C)=O)cc1NC1CCS(=O)(=O)CC1. The molecule has 2 N–H and O–H groups in total. The molecule has 0 spiro atoms. The molecule has 1 amide bonds. The molecule has 1 aliphatic rings. The van der Waals surface area contributed by atoms with Crippen molar-refractivity contribution in [3.8, 4) is 5.75 Å². The average molecular weight is 312 g/mol. The minimum atomic E-state index is -2.88. The first-order valence-corrected chi connectivity index (χ1v) is 8.64. The van der Waals surface area contributed by atoms with Crippen LogP contribution in [-0.2, 0) is 14.6 Å². The van der Waals surface area contributed by atoms with E-state index in [1.165, 1.54) is 6.92 Å². The van der Waals surface area contributed by atoms with E-state index in [1.54, 1.807) is 25.3 Å². The number of rotatable bonds is 4. The van der Waals surface area contributed by atoms with E-state index in [0.29, 0.717) is 24.3 Å². The first kappa shape index (κ1) is 15.6. The second kappa shape index (κ2) is 6.34. The van der Waals surface area contributed by atoms with Gasteiger partial charge in [-0.2, -0.15) is 0 Å². The van der Waals surface area contributed by atoms with Gasteiger partial charge in [-0.25, -0.2) is 8.42 Å². The van der Waals surface area contributed by atoms with Crippen molar-refractivity contribution < 1.29 is 17.9 Å². The summed E-state index contributed by atoms with van der Waals surface area (Å²) in [5.41, 5.74) is 1.43. The number of benzene rings is 1. The lowest BCUT2D eigenvalue weighted by Crippen LogP contribution is -2.32. The smallest absolute Gasteiger partial charge is 0.221 e. The monoisotopic (exact) mass is 312 g/mol. The Kier molecular flexibility index (Phi) is 4.72. The topological polar surface area (TPSA) is 84.5 Å². The highest BCUT2D eigenvalue weighted by Crippen LogP contribution is 2.30. The summed E-state index contributed by atoms with van der Waals surface area (Å²) in [5.74, 6) is 0.934. The Balaban J connectivity index is 2.12. The Morgan fingerprint density at radius 1 is 1.29 bits per heavy atom. The predicted octanol–water partition coefficient (Wildman–Crippen LogP) is 1.64. The zero-order chi connectivity index (χ0) is 15.5. The molecule has 0 saturated carbocycles. The Bertz CT molecular complexity index is 614. The molecule has 0 aliphatic carbocycles. The molecule has 1 aliphatic heterocycles. The molecule has 2 rings (SSSR count). The van der Waals surface area contributed by atoms with E-state index < -0.39 is 9.84 Å². The van der Waals surface area contributed by atoms with Crippen molar-refractivity contribution in [3.63, 3.8) is 0 Å². The number of hydrogen-bond donors (Lipinski definition) is 2. The predicted molar refractivity (Wildman–Crippen MR) is 82.6 cm³/mol. The third-order valence-corrected chi connectivity index (χ3v) is 5.15. The second-order valence-electron chi connectivity index (χ2n) is 5.17. The number of ether oxygens (including phenoxy) is 1. The highest BCUT2D eigenvalue weighted by atomic mass is 32.2. The highest BCUT2D eigenvalue weighted by molar-refractivity contribution is 7.91. The molecule has 6 nitrogen and oxygen atoms in total. The van der Waals surface area contributed by atoms with Crippen LogP contribution < -0.4 is 15.4 Å². The maximum absolute atomic E-state index is 11.4. The van der Waals surface area contributed by atoms with Gasteiger partial charge in [0.2, 0.25) is 5.91 Å². The summed E-state index contributed by atoms with van der Waals surface area (Å²) >= 11 is 0. The molecule has 7 heteroatoms. The summed E-state index contributed by atoms with van der Waals surface area (Å²) in [6, 6.07) is 5.42. The number of methoxy groups -OCH3 is 1.